The van der Waals surface area contributed by atoms with E-state index in [0.717, 1.165) is 10.3 Å². The van der Waals surface area contributed by atoms with Gasteiger partial charge in [0.05, 0.1) is 18.2 Å². The maximum atomic E-state index is 12.1. The second-order valence-corrected chi connectivity index (χ2v) is 5.98. The van der Waals surface area contributed by atoms with Crippen LogP contribution < -0.4 is 17.0 Å². The van der Waals surface area contributed by atoms with E-state index in [1.807, 2.05) is 6.26 Å². The van der Waals surface area contributed by atoms with Gasteiger partial charge in [-0.05, 0) is 18.4 Å². The topological polar surface area (TPSA) is 90.3 Å². The van der Waals surface area contributed by atoms with Crippen LogP contribution in [0.3, 0.4) is 0 Å². The monoisotopic (exact) mass is 314 g/mol. The van der Waals surface area contributed by atoms with Crippen LogP contribution in [0.4, 0.5) is 0 Å². The Kier molecular flexibility index (Phi) is 6.22. The number of carbonyl (C=O) groups excluding carboxylic acids is 1. The number of hydrogen-bond donors (Lipinski definition) is 1. The molecule has 1 aromatic heterocycles. The average molecular weight is 314 g/mol. The summed E-state index contributed by atoms with van der Waals surface area (Å²) in [6.07, 6.45) is 4.01. The summed E-state index contributed by atoms with van der Waals surface area (Å²) >= 11 is 1.63. The molecule has 118 valence electrons. The molecule has 0 aromatic carbocycles. The number of nitrogens with two attached hydrogens (primary N) is 1. The summed E-state index contributed by atoms with van der Waals surface area (Å²) in [6.45, 7) is 0.132. The molecule has 0 aliphatic heterocycles. The van der Waals surface area contributed by atoms with E-state index >= 15 is 0 Å². The Hall–Kier alpha value is -1.54. The number of amides is 1. The van der Waals surface area contributed by atoms with Crippen LogP contribution in [0.2, 0.25) is 0 Å². The Morgan fingerprint density at radius 2 is 2.05 bits per heavy atom. The van der Waals surface area contributed by atoms with Crippen LogP contribution in [0.1, 0.15) is 12.0 Å². The number of hydrogen-bond acceptors (Lipinski definition) is 5. The van der Waals surface area contributed by atoms with E-state index in [-0.39, 0.29) is 12.5 Å². The van der Waals surface area contributed by atoms with Gasteiger partial charge in [-0.15, -0.1) is 0 Å². The zero-order valence-electron chi connectivity index (χ0n) is 12.8. The van der Waals surface area contributed by atoms with Gasteiger partial charge in [0.25, 0.3) is 5.56 Å². The Balaban J connectivity index is 2.89. The minimum atomic E-state index is -0.571. The van der Waals surface area contributed by atoms with E-state index in [9.17, 15) is 14.4 Å². The summed E-state index contributed by atoms with van der Waals surface area (Å²) in [5.41, 5.74) is 5.43. The van der Waals surface area contributed by atoms with Gasteiger partial charge in [0.15, 0.2) is 0 Å². The normalized spacial score (nSPS) is 12.2. The molecule has 7 nitrogen and oxygen atoms in total. The first kappa shape index (κ1) is 17.5. The van der Waals surface area contributed by atoms with Gasteiger partial charge in [-0.2, -0.15) is 11.8 Å². The fourth-order valence-electron chi connectivity index (χ4n) is 1.98. The predicted molar refractivity (Wildman–Crippen MR) is 84.4 cm³/mol. The van der Waals surface area contributed by atoms with Crippen molar-refractivity contribution >= 4 is 17.7 Å². The summed E-state index contributed by atoms with van der Waals surface area (Å²) in [5.74, 6) is 0.600. The maximum Gasteiger partial charge on any atom is 0.330 e. The van der Waals surface area contributed by atoms with Gasteiger partial charge >= 0.3 is 5.69 Å². The van der Waals surface area contributed by atoms with E-state index in [1.165, 1.54) is 22.7 Å². The third kappa shape index (κ3) is 4.21. The van der Waals surface area contributed by atoms with Crippen molar-refractivity contribution in [3.05, 3.63) is 32.6 Å². The number of nitrogens with zero attached hydrogens (tertiary/aromatic N) is 3. The molecule has 0 saturated carbocycles. The summed E-state index contributed by atoms with van der Waals surface area (Å²) in [4.78, 5) is 37.2. The van der Waals surface area contributed by atoms with Crippen LogP contribution in [0.5, 0.6) is 0 Å². The summed E-state index contributed by atoms with van der Waals surface area (Å²) in [7, 11) is 4.59. The van der Waals surface area contributed by atoms with Crippen LogP contribution in [0.15, 0.2) is 15.8 Å². The first-order chi connectivity index (χ1) is 9.79. The zero-order chi connectivity index (χ0) is 16.2. The number of carbonyl (C=O) groups is 1. The molecule has 0 unspecified atom stereocenters. The van der Waals surface area contributed by atoms with E-state index in [0.29, 0.717) is 12.0 Å². The van der Waals surface area contributed by atoms with Gasteiger partial charge in [-0.3, -0.25) is 14.2 Å². The molecule has 1 amide bonds. The Bertz CT molecular complexity index is 623. The molecule has 0 saturated heterocycles. The number of rotatable bonds is 6. The fourth-order valence-corrected chi connectivity index (χ4v) is 2.47. The Labute approximate surface area is 127 Å². The van der Waals surface area contributed by atoms with Crippen LogP contribution in [-0.2, 0) is 25.4 Å². The van der Waals surface area contributed by atoms with Crippen LogP contribution in [0.25, 0.3) is 0 Å². The highest BCUT2D eigenvalue weighted by Gasteiger charge is 2.19. The highest BCUT2D eigenvalue weighted by molar-refractivity contribution is 7.98. The van der Waals surface area contributed by atoms with Crippen LogP contribution >= 0.6 is 11.8 Å². The predicted octanol–water partition coefficient (Wildman–Crippen LogP) is -0.877. The lowest BCUT2D eigenvalue weighted by Crippen LogP contribution is -2.44. The quantitative estimate of drug-likeness (QED) is 0.736. The van der Waals surface area contributed by atoms with Crippen molar-refractivity contribution in [2.45, 2.75) is 19.0 Å². The number of likely N-dealkylation sites (N-methyl/N-ethyl adjacent to an activating group) is 1. The first-order valence-electron chi connectivity index (χ1n) is 6.54. The molecule has 1 rings (SSSR count). The molecular weight excluding hydrogens is 292 g/mol. The minimum Gasteiger partial charge on any atom is -0.340 e. The van der Waals surface area contributed by atoms with Crippen molar-refractivity contribution in [3.63, 3.8) is 0 Å². The van der Waals surface area contributed by atoms with Gasteiger partial charge < -0.3 is 15.2 Å². The summed E-state index contributed by atoms with van der Waals surface area (Å²) < 4.78 is 2.35. The highest BCUT2D eigenvalue weighted by atomic mass is 32.2. The van der Waals surface area contributed by atoms with Crippen molar-refractivity contribution in [1.82, 2.24) is 14.0 Å². The fraction of sp³-hybridized carbons (Fsp3) is 0.615. The molecular formula is C13H22N4O3S. The molecule has 0 radical (unpaired) electrons. The maximum absolute atomic E-state index is 12.1. The van der Waals surface area contributed by atoms with E-state index in [1.54, 1.807) is 25.9 Å². The smallest absolute Gasteiger partial charge is 0.330 e. The largest absolute Gasteiger partial charge is 0.340 e. The average Bonchev–Trinajstić information content (AvgIpc) is 2.47. The number of thioether (sulfide) groups is 1. The lowest BCUT2D eigenvalue weighted by atomic mass is 10.2. The second-order valence-electron chi connectivity index (χ2n) is 4.99. The lowest BCUT2D eigenvalue weighted by molar-refractivity contribution is -0.131. The van der Waals surface area contributed by atoms with Gasteiger partial charge in [-0.1, -0.05) is 0 Å². The van der Waals surface area contributed by atoms with Crippen LogP contribution in [0, 0.1) is 0 Å². The Morgan fingerprint density at radius 3 is 2.62 bits per heavy atom. The van der Waals surface area contributed by atoms with E-state index in [4.69, 9.17) is 5.73 Å². The van der Waals surface area contributed by atoms with Crippen molar-refractivity contribution in [1.29, 1.82) is 0 Å². The number of aryl methyl sites for hydroxylation is 1. The van der Waals surface area contributed by atoms with Crippen molar-refractivity contribution in [2.24, 2.45) is 19.8 Å². The van der Waals surface area contributed by atoms with Gasteiger partial charge in [0, 0.05) is 27.3 Å². The van der Waals surface area contributed by atoms with Gasteiger partial charge in [0.1, 0.15) is 0 Å². The first-order valence-corrected chi connectivity index (χ1v) is 7.94. The molecule has 1 heterocycles. The highest BCUT2D eigenvalue weighted by Crippen LogP contribution is 2.04. The third-order valence-electron chi connectivity index (χ3n) is 3.25. The Morgan fingerprint density at radius 1 is 1.43 bits per heavy atom. The molecule has 0 spiro atoms. The van der Waals surface area contributed by atoms with Crippen molar-refractivity contribution < 1.29 is 4.79 Å². The molecule has 0 fully saturated rings. The van der Waals surface area contributed by atoms with Gasteiger partial charge in [-0.25, -0.2) is 4.79 Å². The standard InChI is InChI=1S/C13H22N4O3S/c1-15(12(19)10(14)5-6-21-4)7-9-8-16(2)13(20)17(3)11(9)18/h8,10H,5-7,14H2,1-4H3/t10-/m0/s1. The van der Waals surface area contributed by atoms with Crippen LogP contribution in [-0.4, -0.2) is 45.0 Å². The molecule has 2 N–H and O–H groups in total. The molecule has 8 heteroatoms. The molecule has 21 heavy (non-hydrogen) atoms. The van der Waals surface area contributed by atoms with E-state index in [2.05, 4.69) is 0 Å². The van der Waals surface area contributed by atoms with Crippen molar-refractivity contribution in [3.8, 4) is 0 Å². The van der Waals surface area contributed by atoms with Gasteiger partial charge in [0.2, 0.25) is 5.91 Å². The molecule has 0 aliphatic rings. The summed E-state index contributed by atoms with van der Waals surface area (Å²) in [5, 5.41) is 0. The number of aromatic nitrogens is 2. The third-order valence-corrected chi connectivity index (χ3v) is 3.90. The van der Waals surface area contributed by atoms with E-state index < -0.39 is 17.3 Å². The second kappa shape index (κ2) is 7.46. The zero-order valence-corrected chi connectivity index (χ0v) is 13.6. The minimum absolute atomic E-state index is 0.132. The summed E-state index contributed by atoms with van der Waals surface area (Å²) in [6, 6.07) is -0.571. The SMILES string of the molecule is CSCC[C@H](N)C(=O)N(C)Cc1cn(C)c(=O)n(C)c1=O. The lowest BCUT2D eigenvalue weighted by Gasteiger charge is -2.21. The van der Waals surface area contributed by atoms with Crippen molar-refractivity contribution in [2.75, 3.05) is 19.1 Å². The molecule has 1 atom stereocenters. The molecule has 1 aromatic rings. The molecule has 0 bridgehead atoms. The molecule has 0 aliphatic carbocycles.